The molecule has 1 aromatic heterocycles. The fraction of sp³-hybridized carbons (Fsp3) is 0.200. The highest BCUT2D eigenvalue weighted by atomic mass is 32.1. The number of nitrogens with one attached hydrogen (secondary N) is 1. The van der Waals surface area contributed by atoms with E-state index < -0.39 is 12.3 Å². The van der Waals surface area contributed by atoms with Gasteiger partial charge in [0.25, 0.3) is 5.91 Å². The topological polar surface area (TPSA) is 60.5 Å². The summed E-state index contributed by atoms with van der Waals surface area (Å²) in [7, 11) is 0. The Morgan fingerprint density at radius 2 is 1.97 bits per heavy atom. The Balaban J connectivity index is 1.61. The smallest absolute Gasteiger partial charge is 0.487 e. The van der Waals surface area contributed by atoms with E-state index >= 15 is 0 Å². The summed E-state index contributed by atoms with van der Waals surface area (Å²) < 4.78 is 47.1. The highest BCUT2D eigenvalue weighted by Gasteiger charge is 2.32. The molecule has 5 nitrogen and oxygen atoms in total. The lowest BCUT2D eigenvalue weighted by Crippen LogP contribution is -2.24. The average molecular weight is 422 g/mol. The Hall–Kier alpha value is -3.07. The molecular weight excluding hydrogens is 405 g/mol. The quantitative estimate of drug-likeness (QED) is 0.591. The number of rotatable bonds is 7. The minimum absolute atomic E-state index is 0.117. The van der Waals surface area contributed by atoms with Gasteiger partial charge in [-0.2, -0.15) is 0 Å². The lowest BCUT2D eigenvalue weighted by molar-refractivity contribution is -0.274. The van der Waals surface area contributed by atoms with Crippen molar-refractivity contribution in [1.29, 1.82) is 0 Å². The number of carbonyl (C=O) groups excluding carboxylic acids is 1. The van der Waals surface area contributed by atoms with Gasteiger partial charge in [-0.15, -0.1) is 24.5 Å². The van der Waals surface area contributed by atoms with E-state index in [1.54, 1.807) is 30.3 Å². The van der Waals surface area contributed by atoms with Gasteiger partial charge in [0.2, 0.25) is 0 Å². The highest BCUT2D eigenvalue weighted by Crippen LogP contribution is 2.26. The van der Waals surface area contributed by atoms with E-state index in [2.05, 4.69) is 15.0 Å². The maximum absolute atomic E-state index is 12.5. The van der Waals surface area contributed by atoms with E-state index in [1.807, 2.05) is 12.3 Å². The van der Waals surface area contributed by atoms with Crippen molar-refractivity contribution >= 4 is 17.2 Å². The van der Waals surface area contributed by atoms with Crippen LogP contribution in [0.15, 0.2) is 53.9 Å². The minimum Gasteiger partial charge on any atom is -0.487 e. The van der Waals surface area contributed by atoms with Crippen LogP contribution < -0.4 is 14.8 Å². The number of benzene rings is 2. The summed E-state index contributed by atoms with van der Waals surface area (Å²) in [5.41, 5.74) is 1.33. The summed E-state index contributed by atoms with van der Waals surface area (Å²) in [4.78, 5) is 16.7. The number of hydrogen-bond donors (Lipinski definition) is 1. The Kier molecular flexibility index (Phi) is 6.38. The molecule has 0 spiro atoms. The van der Waals surface area contributed by atoms with Crippen molar-refractivity contribution in [3.8, 4) is 11.5 Å². The first-order chi connectivity index (χ1) is 13.8. The number of amides is 1. The van der Waals surface area contributed by atoms with Crippen LogP contribution in [-0.4, -0.2) is 17.3 Å². The Labute approximate surface area is 169 Å². The molecule has 0 saturated carbocycles. The molecule has 1 heterocycles. The molecule has 0 aliphatic rings. The van der Waals surface area contributed by atoms with Gasteiger partial charge in [0.05, 0.1) is 10.7 Å². The van der Waals surface area contributed by atoms with Gasteiger partial charge in [0.1, 0.15) is 18.1 Å². The molecule has 1 amide bonds. The fourth-order valence-corrected chi connectivity index (χ4v) is 3.11. The first-order valence-corrected chi connectivity index (χ1v) is 9.44. The third-order valence-electron chi connectivity index (χ3n) is 3.79. The summed E-state index contributed by atoms with van der Waals surface area (Å²) in [5, 5.41) is 5.43. The van der Waals surface area contributed by atoms with Crippen LogP contribution in [0, 0.1) is 6.92 Å². The van der Waals surface area contributed by atoms with Gasteiger partial charge in [-0.05, 0) is 31.2 Å². The molecule has 9 heteroatoms. The number of carbonyl (C=O) groups is 1. The zero-order valence-corrected chi connectivity index (χ0v) is 16.1. The molecule has 0 aliphatic carbocycles. The van der Waals surface area contributed by atoms with Gasteiger partial charge in [-0.25, -0.2) is 4.98 Å². The van der Waals surface area contributed by atoms with Crippen molar-refractivity contribution in [2.45, 2.75) is 26.4 Å². The summed E-state index contributed by atoms with van der Waals surface area (Å²) in [5.74, 6) is -0.304. The number of alkyl halides is 3. The second kappa shape index (κ2) is 8.95. The van der Waals surface area contributed by atoms with Crippen LogP contribution in [0.3, 0.4) is 0 Å². The molecule has 152 valence electrons. The van der Waals surface area contributed by atoms with Crippen molar-refractivity contribution in [3.63, 3.8) is 0 Å². The van der Waals surface area contributed by atoms with Crippen molar-refractivity contribution < 1.29 is 27.4 Å². The summed E-state index contributed by atoms with van der Waals surface area (Å²) in [6.45, 7) is 2.06. The van der Waals surface area contributed by atoms with Gasteiger partial charge in [-0.1, -0.05) is 24.3 Å². The molecule has 0 atom stereocenters. The molecule has 1 N–H and O–H groups in total. The zero-order chi connectivity index (χ0) is 20.9. The van der Waals surface area contributed by atoms with E-state index in [9.17, 15) is 18.0 Å². The third kappa shape index (κ3) is 6.21. The Morgan fingerprint density at radius 3 is 2.69 bits per heavy atom. The molecule has 29 heavy (non-hydrogen) atoms. The zero-order valence-electron chi connectivity index (χ0n) is 15.3. The monoisotopic (exact) mass is 422 g/mol. The number of aryl methyl sites for hydroxylation is 1. The maximum atomic E-state index is 12.5. The van der Waals surface area contributed by atoms with Crippen LogP contribution in [0.4, 0.5) is 13.2 Å². The van der Waals surface area contributed by atoms with E-state index in [1.165, 1.54) is 29.5 Å². The molecule has 0 aliphatic heterocycles. The fourth-order valence-electron chi connectivity index (χ4n) is 2.51. The Bertz CT molecular complexity index is 989. The summed E-state index contributed by atoms with van der Waals surface area (Å²) in [6.07, 6.45) is -4.80. The predicted molar refractivity (Wildman–Crippen MR) is 102 cm³/mol. The van der Waals surface area contributed by atoms with Crippen molar-refractivity contribution in [2.75, 3.05) is 0 Å². The van der Waals surface area contributed by atoms with Crippen molar-refractivity contribution in [3.05, 3.63) is 75.7 Å². The third-order valence-corrected chi connectivity index (χ3v) is 4.61. The normalized spacial score (nSPS) is 11.2. The van der Waals surface area contributed by atoms with Crippen LogP contribution >= 0.6 is 11.3 Å². The standard InChI is InChI=1S/C20H17F3N2O3S/c1-13-25-16(12-29-13)11-27-17-7-4-6-14(9-17)19(26)24-10-15-5-2-3-8-18(15)28-20(21,22)23/h2-9,12H,10-11H2,1H3,(H,24,26). The largest absolute Gasteiger partial charge is 0.573 e. The van der Waals surface area contributed by atoms with Crippen LogP contribution in [0.5, 0.6) is 11.5 Å². The van der Waals surface area contributed by atoms with Crippen LogP contribution in [0.1, 0.15) is 26.6 Å². The van der Waals surface area contributed by atoms with Gasteiger partial charge >= 0.3 is 6.36 Å². The molecule has 0 saturated heterocycles. The Morgan fingerprint density at radius 1 is 1.17 bits per heavy atom. The molecule has 0 radical (unpaired) electrons. The summed E-state index contributed by atoms with van der Waals surface area (Å²) >= 11 is 1.52. The number of thiazole rings is 1. The number of nitrogens with zero attached hydrogens (tertiary/aromatic N) is 1. The number of hydrogen-bond acceptors (Lipinski definition) is 5. The first-order valence-electron chi connectivity index (χ1n) is 8.56. The van der Waals surface area contributed by atoms with Gasteiger partial charge in [-0.3, -0.25) is 4.79 Å². The van der Waals surface area contributed by atoms with Gasteiger partial charge < -0.3 is 14.8 Å². The van der Waals surface area contributed by atoms with E-state index in [-0.39, 0.29) is 24.5 Å². The molecular formula is C20H17F3N2O3S. The molecule has 0 fully saturated rings. The number of halogens is 3. The second-order valence-corrected chi connectivity index (χ2v) is 7.07. The van der Waals surface area contributed by atoms with Crippen LogP contribution in [0.25, 0.3) is 0 Å². The first kappa shape index (κ1) is 20.7. The molecule has 0 bridgehead atoms. The van der Waals surface area contributed by atoms with Crippen LogP contribution in [-0.2, 0) is 13.2 Å². The number of aromatic nitrogens is 1. The lowest BCUT2D eigenvalue weighted by atomic mass is 10.1. The predicted octanol–water partition coefficient (Wildman–Crippen LogP) is 4.86. The molecule has 2 aromatic carbocycles. The van der Waals surface area contributed by atoms with E-state index in [0.717, 1.165) is 10.7 Å². The maximum Gasteiger partial charge on any atom is 0.573 e. The van der Waals surface area contributed by atoms with Gasteiger partial charge in [0, 0.05) is 23.1 Å². The van der Waals surface area contributed by atoms with Crippen molar-refractivity contribution in [2.24, 2.45) is 0 Å². The molecule has 3 aromatic rings. The lowest BCUT2D eigenvalue weighted by Gasteiger charge is -2.14. The molecule has 3 rings (SSSR count). The van der Waals surface area contributed by atoms with Gasteiger partial charge in [0.15, 0.2) is 0 Å². The second-order valence-electron chi connectivity index (χ2n) is 6.01. The SMILES string of the molecule is Cc1nc(COc2cccc(C(=O)NCc3ccccc3OC(F)(F)F)c2)cs1. The van der Waals surface area contributed by atoms with E-state index in [4.69, 9.17) is 4.74 Å². The van der Waals surface area contributed by atoms with Crippen LogP contribution in [0.2, 0.25) is 0 Å². The van der Waals surface area contributed by atoms with E-state index in [0.29, 0.717) is 11.3 Å². The van der Waals surface area contributed by atoms with Crippen molar-refractivity contribution in [1.82, 2.24) is 10.3 Å². The minimum atomic E-state index is -4.80. The number of para-hydroxylation sites is 1. The highest BCUT2D eigenvalue weighted by molar-refractivity contribution is 7.09. The summed E-state index contributed by atoms with van der Waals surface area (Å²) in [6, 6.07) is 12.2. The molecule has 0 unspecified atom stereocenters. The number of ether oxygens (including phenoxy) is 2. The average Bonchev–Trinajstić information content (AvgIpc) is 3.10.